The Hall–Kier alpha value is -3.33. The van der Waals surface area contributed by atoms with Crippen LogP contribution in [0.1, 0.15) is 16.1 Å². The van der Waals surface area contributed by atoms with Crippen LogP contribution < -0.4 is 15.0 Å². The number of carbonyl (C=O) groups excluding carboxylic acids is 1. The lowest BCUT2D eigenvalue weighted by Crippen LogP contribution is -2.15. The number of esters is 1. The van der Waals surface area contributed by atoms with E-state index in [9.17, 15) is 9.59 Å². The van der Waals surface area contributed by atoms with Crippen LogP contribution in [0.3, 0.4) is 0 Å². The van der Waals surface area contributed by atoms with Crippen LogP contribution >= 0.6 is 0 Å². The van der Waals surface area contributed by atoms with Gasteiger partial charge in [0.05, 0.1) is 25.6 Å². The molecule has 0 radical (unpaired) electrons. The van der Waals surface area contributed by atoms with Crippen LogP contribution in [-0.2, 0) is 16.1 Å². The Morgan fingerprint density at radius 2 is 2.04 bits per heavy atom. The Bertz CT molecular complexity index is 1080. The summed E-state index contributed by atoms with van der Waals surface area (Å²) in [4.78, 5) is 27.5. The van der Waals surface area contributed by atoms with Crippen molar-refractivity contribution in [2.45, 2.75) is 6.61 Å². The van der Waals surface area contributed by atoms with E-state index in [4.69, 9.17) is 18.9 Å². The van der Waals surface area contributed by atoms with Gasteiger partial charge in [-0.1, -0.05) is 0 Å². The number of hydrogen-bond acceptors (Lipinski definition) is 7. The maximum Gasteiger partial charge on any atom is 0.358 e. The van der Waals surface area contributed by atoms with E-state index < -0.39 is 11.5 Å². The lowest BCUT2D eigenvalue weighted by atomic mass is 10.1. The van der Waals surface area contributed by atoms with Gasteiger partial charge in [0.1, 0.15) is 18.7 Å². The highest BCUT2D eigenvalue weighted by Gasteiger charge is 2.23. The first kappa shape index (κ1) is 17.1. The number of nitrogens with zero attached hydrogens (tertiary/aromatic N) is 2. The molecule has 9 heteroatoms. The molecule has 1 N–H and O–H groups in total. The lowest BCUT2D eigenvalue weighted by Gasteiger charge is -2.18. The lowest BCUT2D eigenvalue weighted by molar-refractivity contribution is 0.0589. The molecule has 0 aliphatic carbocycles. The van der Waals surface area contributed by atoms with Gasteiger partial charge in [-0.15, -0.1) is 0 Å². The van der Waals surface area contributed by atoms with Gasteiger partial charge in [-0.2, -0.15) is 5.10 Å². The molecule has 4 rings (SSSR count). The minimum absolute atomic E-state index is 0.0455. The molecule has 3 heterocycles. The van der Waals surface area contributed by atoms with Crippen molar-refractivity contribution >= 4 is 11.5 Å². The van der Waals surface area contributed by atoms with Crippen molar-refractivity contribution in [2.24, 2.45) is 0 Å². The number of hydrogen-bond donors (Lipinski definition) is 1. The molecular formula is C18H17N3O6. The number of aromatic nitrogens is 3. The Morgan fingerprint density at radius 3 is 2.78 bits per heavy atom. The van der Waals surface area contributed by atoms with Crippen LogP contribution in [0.2, 0.25) is 0 Å². The van der Waals surface area contributed by atoms with Gasteiger partial charge in [0.2, 0.25) is 0 Å². The van der Waals surface area contributed by atoms with Gasteiger partial charge in [0.15, 0.2) is 17.2 Å². The van der Waals surface area contributed by atoms with Gasteiger partial charge >= 0.3 is 5.97 Å². The summed E-state index contributed by atoms with van der Waals surface area (Å²) in [5, 5.41) is 4.22. The second kappa shape index (κ2) is 6.76. The zero-order chi connectivity index (χ0) is 19.0. The van der Waals surface area contributed by atoms with E-state index in [1.807, 2.05) is 6.07 Å². The molecule has 0 unspecified atom stereocenters. The third-order valence-corrected chi connectivity index (χ3v) is 4.24. The average molecular weight is 371 g/mol. The summed E-state index contributed by atoms with van der Waals surface area (Å²) in [5.74, 6) is 0.629. The molecule has 9 nitrogen and oxygen atoms in total. The molecule has 0 spiro atoms. The number of methoxy groups -OCH3 is 2. The van der Waals surface area contributed by atoms with Crippen molar-refractivity contribution < 1.29 is 23.7 Å². The summed E-state index contributed by atoms with van der Waals surface area (Å²) in [7, 11) is 2.73. The number of nitrogens with one attached hydrogen (secondary N) is 1. The molecule has 1 aliphatic rings. The van der Waals surface area contributed by atoms with Gasteiger partial charge in [-0.05, 0) is 18.2 Å². The van der Waals surface area contributed by atoms with Crippen LogP contribution in [0.4, 0.5) is 0 Å². The van der Waals surface area contributed by atoms with Gasteiger partial charge in [0.25, 0.3) is 5.56 Å². The van der Waals surface area contributed by atoms with E-state index >= 15 is 0 Å². The molecule has 0 fully saturated rings. The van der Waals surface area contributed by atoms with E-state index in [1.54, 1.807) is 18.3 Å². The number of fused-ring (bicyclic) bond motifs is 2. The Labute approximate surface area is 153 Å². The highest BCUT2D eigenvalue weighted by Crippen LogP contribution is 2.33. The quantitative estimate of drug-likeness (QED) is 0.691. The first-order chi connectivity index (χ1) is 13.1. The maximum absolute atomic E-state index is 12.7. The van der Waals surface area contributed by atoms with Crippen molar-refractivity contribution in [3.05, 3.63) is 46.0 Å². The predicted molar refractivity (Wildman–Crippen MR) is 94.3 cm³/mol. The number of carbonyl (C=O) groups is 1. The maximum atomic E-state index is 12.7. The van der Waals surface area contributed by atoms with Gasteiger partial charge in [0, 0.05) is 18.2 Å². The minimum Gasteiger partial charge on any atom is -0.486 e. The van der Waals surface area contributed by atoms with E-state index in [-0.39, 0.29) is 17.8 Å². The number of ether oxygens (including phenoxy) is 4. The minimum atomic E-state index is -0.633. The second-order valence-electron chi connectivity index (χ2n) is 5.90. The standard InChI is InChI=1S/C18H17N3O6/c1-24-9-11-15(18(23)25-2)20-21-8-12(19-17(22)16(11)21)10-3-4-13-14(7-10)27-6-5-26-13/h3-4,7-8H,5-6,9H2,1-2H3,(H,19,22). The molecule has 0 amide bonds. The Morgan fingerprint density at radius 1 is 1.26 bits per heavy atom. The van der Waals surface area contributed by atoms with Crippen LogP contribution in [-0.4, -0.2) is 48.0 Å². The van der Waals surface area contributed by atoms with Gasteiger partial charge < -0.3 is 23.9 Å². The summed E-state index contributed by atoms with van der Waals surface area (Å²) in [5.41, 5.74) is 1.51. The normalized spacial score (nSPS) is 13.0. The Balaban J connectivity index is 1.87. The molecular weight excluding hydrogens is 354 g/mol. The third-order valence-electron chi connectivity index (χ3n) is 4.24. The smallest absolute Gasteiger partial charge is 0.358 e. The number of rotatable bonds is 4. The second-order valence-corrected chi connectivity index (χ2v) is 5.90. The van der Waals surface area contributed by atoms with Crippen LogP contribution in [0, 0.1) is 0 Å². The highest BCUT2D eigenvalue weighted by molar-refractivity contribution is 5.91. The van der Waals surface area contributed by atoms with Gasteiger partial charge in [-0.3, -0.25) is 4.79 Å². The first-order valence-corrected chi connectivity index (χ1v) is 8.24. The van der Waals surface area contributed by atoms with Crippen molar-refractivity contribution in [1.82, 2.24) is 14.6 Å². The molecule has 1 aliphatic heterocycles. The molecule has 3 aromatic rings. The first-order valence-electron chi connectivity index (χ1n) is 8.24. The molecule has 0 saturated carbocycles. The summed E-state index contributed by atoms with van der Waals surface area (Å²) in [6.07, 6.45) is 1.63. The highest BCUT2D eigenvalue weighted by atomic mass is 16.6. The molecule has 2 aromatic heterocycles. The van der Waals surface area contributed by atoms with E-state index in [1.165, 1.54) is 18.7 Å². The fraction of sp³-hybridized carbons (Fsp3) is 0.278. The van der Waals surface area contributed by atoms with Crippen molar-refractivity contribution in [2.75, 3.05) is 27.4 Å². The summed E-state index contributed by atoms with van der Waals surface area (Å²) in [6.45, 7) is 1.02. The predicted octanol–water partition coefficient (Wildman–Crippen LogP) is 1.39. The number of H-pyrrole nitrogens is 1. The molecule has 0 saturated heterocycles. The fourth-order valence-electron chi connectivity index (χ4n) is 3.04. The molecule has 140 valence electrons. The van der Waals surface area contributed by atoms with Crippen LogP contribution in [0.5, 0.6) is 11.5 Å². The molecule has 27 heavy (non-hydrogen) atoms. The molecule has 0 atom stereocenters. The van der Waals surface area contributed by atoms with E-state index in [2.05, 4.69) is 10.1 Å². The monoisotopic (exact) mass is 371 g/mol. The van der Waals surface area contributed by atoms with E-state index in [0.717, 1.165) is 5.56 Å². The number of aromatic amines is 1. The van der Waals surface area contributed by atoms with Crippen molar-refractivity contribution in [3.8, 4) is 22.8 Å². The van der Waals surface area contributed by atoms with Crippen LogP contribution in [0.15, 0.2) is 29.2 Å². The largest absolute Gasteiger partial charge is 0.486 e. The Kier molecular flexibility index (Phi) is 4.28. The van der Waals surface area contributed by atoms with E-state index in [0.29, 0.717) is 36.0 Å². The average Bonchev–Trinajstić information content (AvgIpc) is 3.06. The summed E-state index contributed by atoms with van der Waals surface area (Å²) < 4.78 is 22.3. The number of benzene rings is 1. The van der Waals surface area contributed by atoms with Crippen molar-refractivity contribution in [1.29, 1.82) is 0 Å². The van der Waals surface area contributed by atoms with Gasteiger partial charge in [-0.25, -0.2) is 9.31 Å². The third kappa shape index (κ3) is 2.91. The summed E-state index contributed by atoms with van der Waals surface area (Å²) >= 11 is 0. The van der Waals surface area contributed by atoms with Crippen molar-refractivity contribution in [3.63, 3.8) is 0 Å². The molecule has 1 aromatic carbocycles. The van der Waals surface area contributed by atoms with Crippen LogP contribution in [0.25, 0.3) is 16.8 Å². The topological polar surface area (TPSA) is 104 Å². The SMILES string of the molecule is COCc1c(C(=O)OC)nn2cc(-c3ccc4c(c3)OCCO4)[nH]c(=O)c12. The summed E-state index contributed by atoms with van der Waals surface area (Å²) in [6, 6.07) is 5.38. The molecule has 0 bridgehead atoms. The zero-order valence-corrected chi connectivity index (χ0v) is 14.8. The zero-order valence-electron chi connectivity index (χ0n) is 14.8. The fourth-order valence-corrected chi connectivity index (χ4v) is 3.04.